The number of carbonyl (C=O) groups excluding carboxylic acids is 1. The van der Waals surface area contributed by atoms with Crippen LogP contribution in [0.15, 0.2) is 42.5 Å². The topological polar surface area (TPSA) is 29.1 Å². The third-order valence-corrected chi connectivity index (χ3v) is 3.45. The van der Waals surface area contributed by atoms with E-state index < -0.39 is 0 Å². The Morgan fingerprint density at radius 2 is 1.89 bits per heavy atom. The standard InChI is InChI=1S/C16H14FNO/c17-12-8-6-11(7-9-12)16(19)14-3-1-5-15-13(14)4-2-10-18-15/h1,3,5-9,18H,2,4,10H2. The normalized spacial score (nSPS) is 13.5. The maximum absolute atomic E-state index is 12.9. The first-order valence-electron chi connectivity index (χ1n) is 6.42. The molecule has 0 fully saturated rings. The van der Waals surface area contributed by atoms with Crippen LogP contribution in [0.3, 0.4) is 0 Å². The van der Waals surface area contributed by atoms with Gasteiger partial charge in [-0.15, -0.1) is 0 Å². The van der Waals surface area contributed by atoms with Crippen LogP contribution >= 0.6 is 0 Å². The van der Waals surface area contributed by atoms with Crippen molar-refractivity contribution in [3.63, 3.8) is 0 Å². The van der Waals surface area contributed by atoms with Gasteiger partial charge in [-0.25, -0.2) is 4.39 Å². The highest BCUT2D eigenvalue weighted by Gasteiger charge is 2.18. The summed E-state index contributed by atoms with van der Waals surface area (Å²) in [7, 11) is 0. The Bertz CT molecular complexity index is 619. The molecule has 0 atom stereocenters. The van der Waals surface area contributed by atoms with Crippen LogP contribution in [-0.4, -0.2) is 12.3 Å². The molecule has 2 aromatic rings. The molecule has 2 nitrogen and oxygen atoms in total. The lowest BCUT2D eigenvalue weighted by Crippen LogP contribution is -2.16. The summed E-state index contributed by atoms with van der Waals surface area (Å²) in [5, 5.41) is 3.31. The Morgan fingerprint density at radius 3 is 2.68 bits per heavy atom. The first-order chi connectivity index (χ1) is 9.25. The number of anilines is 1. The monoisotopic (exact) mass is 255 g/mol. The Kier molecular flexibility index (Phi) is 3.03. The lowest BCUT2D eigenvalue weighted by Gasteiger charge is -2.20. The van der Waals surface area contributed by atoms with Crippen LogP contribution < -0.4 is 5.32 Å². The van der Waals surface area contributed by atoms with Crippen molar-refractivity contribution in [1.29, 1.82) is 0 Å². The van der Waals surface area contributed by atoms with E-state index >= 15 is 0 Å². The minimum Gasteiger partial charge on any atom is -0.385 e. The van der Waals surface area contributed by atoms with E-state index in [1.54, 1.807) is 0 Å². The third kappa shape index (κ3) is 2.24. The summed E-state index contributed by atoms with van der Waals surface area (Å²) in [6, 6.07) is 11.4. The average molecular weight is 255 g/mol. The zero-order valence-electron chi connectivity index (χ0n) is 10.4. The molecule has 0 aliphatic carbocycles. The minimum absolute atomic E-state index is 0.0412. The van der Waals surface area contributed by atoms with E-state index in [9.17, 15) is 9.18 Å². The summed E-state index contributed by atoms with van der Waals surface area (Å²) >= 11 is 0. The van der Waals surface area contributed by atoms with Gasteiger partial charge in [0.2, 0.25) is 0 Å². The van der Waals surface area contributed by atoms with Crippen LogP contribution in [-0.2, 0) is 6.42 Å². The fraction of sp³-hybridized carbons (Fsp3) is 0.188. The van der Waals surface area contributed by atoms with Crippen molar-refractivity contribution in [3.05, 3.63) is 65.0 Å². The maximum Gasteiger partial charge on any atom is 0.193 e. The van der Waals surface area contributed by atoms with Gasteiger partial charge in [0.05, 0.1) is 0 Å². The van der Waals surface area contributed by atoms with Crippen molar-refractivity contribution >= 4 is 11.5 Å². The first kappa shape index (κ1) is 11.9. The highest BCUT2D eigenvalue weighted by molar-refractivity contribution is 6.10. The van der Waals surface area contributed by atoms with Crippen LogP contribution in [0.4, 0.5) is 10.1 Å². The molecule has 96 valence electrons. The third-order valence-electron chi connectivity index (χ3n) is 3.45. The number of hydrogen-bond donors (Lipinski definition) is 1. The van der Waals surface area contributed by atoms with Crippen LogP contribution in [0.2, 0.25) is 0 Å². The van der Waals surface area contributed by atoms with E-state index in [1.807, 2.05) is 18.2 Å². The Morgan fingerprint density at radius 1 is 1.11 bits per heavy atom. The molecule has 2 aromatic carbocycles. The van der Waals surface area contributed by atoms with Gasteiger partial charge in [-0.3, -0.25) is 4.79 Å². The maximum atomic E-state index is 12.9. The summed E-state index contributed by atoms with van der Waals surface area (Å²) in [5.41, 5.74) is 3.36. The van der Waals surface area contributed by atoms with Gasteiger partial charge in [-0.05, 0) is 48.7 Å². The molecular weight excluding hydrogens is 241 g/mol. The number of nitrogens with one attached hydrogen (secondary N) is 1. The molecule has 0 bridgehead atoms. The van der Waals surface area contributed by atoms with Crippen molar-refractivity contribution in [3.8, 4) is 0 Å². The lowest BCUT2D eigenvalue weighted by molar-refractivity contribution is 0.103. The predicted molar refractivity (Wildman–Crippen MR) is 73.1 cm³/mol. The van der Waals surface area contributed by atoms with E-state index in [0.717, 1.165) is 36.2 Å². The Balaban J connectivity index is 2.02. The van der Waals surface area contributed by atoms with Gasteiger partial charge in [0.15, 0.2) is 5.78 Å². The summed E-state index contributed by atoms with van der Waals surface area (Å²) < 4.78 is 12.9. The van der Waals surface area contributed by atoms with E-state index in [4.69, 9.17) is 0 Å². The smallest absolute Gasteiger partial charge is 0.193 e. The van der Waals surface area contributed by atoms with Gasteiger partial charge >= 0.3 is 0 Å². The molecule has 1 heterocycles. The molecule has 0 aromatic heterocycles. The number of ketones is 1. The lowest BCUT2D eigenvalue weighted by atomic mass is 9.92. The van der Waals surface area contributed by atoms with Crippen molar-refractivity contribution < 1.29 is 9.18 Å². The summed E-state index contributed by atoms with van der Waals surface area (Å²) in [4.78, 5) is 12.5. The van der Waals surface area contributed by atoms with Crippen molar-refractivity contribution in [2.45, 2.75) is 12.8 Å². The molecule has 0 saturated heterocycles. The quantitative estimate of drug-likeness (QED) is 0.833. The van der Waals surface area contributed by atoms with E-state index in [2.05, 4.69) is 5.32 Å². The molecule has 0 amide bonds. The van der Waals surface area contributed by atoms with Gasteiger partial charge in [0.1, 0.15) is 5.82 Å². The highest BCUT2D eigenvalue weighted by Crippen LogP contribution is 2.27. The largest absolute Gasteiger partial charge is 0.385 e. The number of hydrogen-bond acceptors (Lipinski definition) is 2. The minimum atomic E-state index is -0.326. The summed E-state index contributed by atoms with van der Waals surface area (Å²) in [5.74, 6) is -0.367. The summed E-state index contributed by atoms with van der Waals surface area (Å²) in [6.07, 6.45) is 1.94. The molecular formula is C16H14FNO. The Labute approximate surface area is 111 Å². The van der Waals surface area contributed by atoms with Crippen molar-refractivity contribution in [1.82, 2.24) is 0 Å². The van der Waals surface area contributed by atoms with Gasteiger partial charge in [-0.2, -0.15) is 0 Å². The fourth-order valence-electron chi connectivity index (χ4n) is 2.48. The van der Waals surface area contributed by atoms with Crippen LogP contribution in [0.5, 0.6) is 0 Å². The van der Waals surface area contributed by atoms with Crippen molar-refractivity contribution in [2.75, 3.05) is 11.9 Å². The molecule has 0 spiro atoms. The molecule has 1 N–H and O–H groups in total. The number of fused-ring (bicyclic) bond motifs is 1. The second-order valence-corrected chi connectivity index (χ2v) is 4.70. The van der Waals surface area contributed by atoms with Crippen LogP contribution in [0, 0.1) is 5.82 Å². The van der Waals surface area contributed by atoms with Gasteiger partial charge < -0.3 is 5.32 Å². The summed E-state index contributed by atoms with van der Waals surface area (Å²) in [6.45, 7) is 0.946. The number of benzene rings is 2. The molecule has 0 radical (unpaired) electrons. The average Bonchev–Trinajstić information content (AvgIpc) is 2.47. The first-order valence-corrected chi connectivity index (χ1v) is 6.42. The highest BCUT2D eigenvalue weighted by atomic mass is 19.1. The van der Waals surface area contributed by atoms with Crippen LogP contribution in [0.25, 0.3) is 0 Å². The number of halogens is 1. The molecule has 3 rings (SSSR count). The number of carbonyl (C=O) groups is 1. The molecule has 3 heteroatoms. The zero-order chi connectivity index (χ0) is 13.2. The Hall–Kier alpha value is -2.16. The van der Waals surface area contributed by atoms with Gasteiger partial charge in [0.25, 0.3) is 0 Å². The second-order valence-electron chi connectivity index (χ2n) is 4.70. The van der Waals surface area contributed by atoms with Crippen LogP contribution in [0.1, 0.15) is 27.9 Å². The van der Waals surface area contributed by atoms with E-state index in [1.165, 1.54) is 24.3 Å². The zero-order valence-corrected chi connectivity index (χ0v) is 10.4. The molecule has 0 saturated carbocycles. The molecule has 19 heavy (non-hydrogen) atoms. The van der Waals surface area contributed by atoms with E-state index in [0.29, 0.717) is 5.56 Å². The van der Waals surface area contributed by atoms with Crippen molar-refractivity contribution in [2.24, 2.45) is 0 Å². The number of rotatable bonds is 2. The van der Waals surface area contributed by atoms with Gasteiger partial charge in [0, 0.05) is 23.4 Å². The second kappa shape index (κ2) is 4.84. The van der Waals surface area contributed by atoms with Gasteiger partial charge in [-0.1, -0.05) is 12.1 Å². The molecule has 0 unspecified atom stereocenters. The fourth-order valence-corrected chi connectivity index (χ4v) is 2.48. The molecule has 1 aliphatic rings. The van der Waals surface area contributed by atoms with E-state index in [-0.39, 0.29) is 11.6 Å². The molecule has 1 aliphatic heterocycles. The SMILES string of the molecule is O=C(c1ccc(F)cc1)c1cccc2c1CCCN2. The predicted octanol–water partition coefficient (Wildman–Crippen LogP) is 3.41.